The summed E-state index contributed by atoms with van der Waals surface area (Å²) in [5.74, 6) is 0.770. The highest BCUT2D eigenvalue weighted by Gasteiger charge is 2.23. The predicted octanol–water partition coefficient (Wildman–Crippen LogP) is 6.08. The first-order valence-electron chi connectivity index (χ1n) is 12.9. The second-order valence-corrected chi connectivity index (χ2v) is 14.2. The fourth-order valence-corrected chi connectivity index (χ4v) is 6.79. The van der Waals surface area contributed by atoms with Crippen molar-refractivity contribution in [2.45, 2.75) is 30.4 Å². The van der Waals surface area contributed by atoms with Crippen LogP contribution >= 0.6 is 0 Å². The smallest absolute Gasteiger partial charge is 0.258 e. The zero-order chi connectivity index (χ0) is 29.4. The molecule has 0 fully saturated rings. The Morgan fingerprint density at radius 3 is 2.34 bits per heavy atom. The summed E-state index contributed by atoms with van der Waals surface area (Å²) in [5.41, 5.74) is 5.33. The number of hydrogen-bond donors (Lipinski definition) is 0. The van der Waals surface area contributed by atoms with Crippen molar-refractivity contribution in [1.82, 2.24) is 15.1 Å². The molecule has 0 aliphatic rings. The number of aryl methyl sites for hydroxylation is 1. The molecule has 0 bridgehead atoms. The minimum Gasteiger partial charge on any atom is -0.334 e. The third-order valence-electron chi connectivity index (χ3n) is 6.85. The van der Waals surface area contributed by atoms with Crippen LogP contribution in [-0.2, 0) is 19.7 Å². The van der Waals surface area contributed by atoms with E-state index in [2.05, 4.69) is 15.1 Å². The number of fused-ring (bicyclic) bond motifs is 1. The van der Waals surface area contributed by atoms with E-state index in [4.69, 9.17) is 4.52 Å². The van der Waals surface area contributed by atoms with E-state index in [1.165, 1.54) is 6.26 Å². The maximum atomic E-state index is 12.6. The van der Waals surface area contributed by atoms with Gasteiger partial charge in [0.2, 0.25) is 0 Å². The predicted molar refractivity (Wildman–Crippen MR) is 161 cm³/mol. The highest BCUT2D eigenvalue weighted by Crippen LogP contribution is 2.35. The van der Waals surface area contributed by atoms with E-state index in [0.717, 1.165) is 39.4 Å². The Labute approximate surface area is 239 Å². The third-order valence-corrected chi connectivity index (χ3v) is 9.61. The van der Waals surface area contributed by atoms with Crippen molar-refractivity contribution in [3.63, 3.8) is 0 Å². The minimum absolute atomic E-state index is 0.211. The van der Waals surface area contributed by atoms with Crippen LogP contribution in [0.1, 0.15) is 47.0 Å². The molecule has 0 amide bonds. The third kappa shape index (κ3) is 6.13. The van der Waals surface area contributed by atoms with Gasteiger partial charge in [0.15, 0.2) is 25.5 Å². The molecule has 0 aliphatic carbocycles. The Morgan fingerprint density at radius 2 is 1.71 bits per heavy atom. The summed E-state index contributed by atoms with van der Waals surface area (Å²) in [7, 11) is -6.68. The molecule has 3 aromatic carbocycles. The van der Waals surface area contributed by atoms with E-state index in [1.54, 1.807) is 37.4 Å². The summed E-state index contributed by atoms with van der Waals surface area (Å²) in [6.07, 6.45) is 6.51. The maximum Gasteiger partial charge on any atom is 0.258 e. The molecule has 5 aromatic rings. The molecule has 5 rings (SSSR count). The fourth-order valence-electron chi connectivity index (χ4n) is 4.93. The molecule has 0 spiro atoms. The van der Waals surface area contributed by atoms with E-state index in [9.17, 15) is 16.8 Å². The molecule has 41 heavy (non-hydrogen) atoms. The fraction of sp³-hybridized carbons (Fsp3) is 0.194. The van der Waals surface area contributed by atoms with Gasteiger partial charge in [-0.3, -0.25) is 4.98 Å². The Morgan fingerprint density at radius 1 is 0.951 bits per heavy atom. The van der Waals surface area contributed by atoms with Crippen molar-refractivity contribution in [2.75, 3.05) is 12.5 Å². The highest BCUT2D eigenvalue weighted by atomic mass is 32.2. The van der Waals surface area contributed by atoms with Crippen LogP contribution in [0, 0.1) is 6.92 Å². The van der Waals surface area contributed by atoms with Gasteiger partial charge in [0.1, 0.15) is 0 Å². The molecule has 2 heterocycles. The van der Waals surface area contributed by atoms with Gasteiger partial charge in [0.05, 0.1) is 15.7 Å². The number of rotatable bonds is 8. The van der Waals surface area contributed by atoms with Gasteiger partial charge in [-0.1, -0.05) is 48.5 Å². The molecule has 0 radical (unpaired) electrons. The van der Waals surface area contributed by atoms with Gasteiger partial charge in [-0.15, -0.1) is 0 Å². The number of nitrogens with zero attached hydrogens (tertiary/aromatic N) is 3. The molecule has 0 saturated heterocycles. The lowest BCUT2D eigenvalue weighted by Crippen LogP contribution is -2.10. The largest absolute Gasteiger partial charge is 0.334 e. The van der Waals surface area contributed by atoms with Crippen molar-refractivity contribution in [3.8, 4) is 11.1 Å². The number of benzene rings is 3. The second-order valence-electron chi connectivity index (χ2n) is 10.00. The van der Waals surface area contributed by atoms with Crippen LogP contribution in [0.2, 0.25) is 0 Å². The van der Waals surface area contributed by atoms with Crippen LogP contribution in [0.5, 0.6) is 0 Å². The Balaban J connectivity index is 1.66. The van der Waals surface area contributed by atoms with Crippen LogP contribution in [0.15, 0.2) is 88.4 Å². The summed E-state index contributed by atoms with van der Waals surface area (Å²) >= 11 is 0. The van der Waals surface area contributed by atoms with Gasteiger partial charge >= 0.3 is 0 Å². The van der Waals surface area contributed by atoms with Crippen LogP contribution in [0.4, 0.5) is 0 Å². The molecule has 2 aromatic heterocycles. The summed E-state index contributed by atoms with van der Waals surface area (Å²) < 4.78 is 54.7. The highest BCUT2D eigenvalue weighted by molar-refractivity contribution is 7.91. The summed E-state index contributed by atoms with van der Waals surface area (Å²) in [6, 6.07) is 21.9. The average molecular weight is 588 g/mol. The zero-order valence-corrected chi connectivity index (χ0v) is 24.7. The Bertz CT molecular complexity index is 2000. The number of aromatic nitrogens is 3. The monoisotopic (exact) mass is 587 g/mol. The molecule has 0 aliphatic heterocycles. The first-order valence-corrected chi connectivity index (χ1v) is 16.8. The Kier molecular flexibility index (Phi) is 7.63. The molecule has 1 unspecified atom stereocenters. The van der Waals surface area contributed by atoms with Crippen molar-refractivity contribution in [2.24, 2.45) is 0 Å². The van der Waals surface area contributed by atoms with Crippen LogP contribution in [0.3, 0.4) is 0 Å². The van der Waals surface area contributed by atoms with Crippen LogP contribution in [0.25, 0.3) is 33.7 Å². The number of hydrogen-bond acceptors (Lipinski definition) is 8. The van der Waals surface area contributed by atoms with E-state index in [0.29, 0.717) is 29.3 Å². The van der Waals surface area contributed by atoms with Gasteiger partial charge in [-0.05, 0) is 78.1 Å². The standard InChI is InChI=1S/C31H29N3O5S2/c1-5-29(41(4,37)38)25-18-24-10-7-15-32-30(24)27(19-25)23-9-6-8-21(16-23)17-28(31-33-20(2)34-39-31)22-11-13-26(14-12-22)40(3,35)36/h6-19,29H,5H2,1-4H3. The van der Waals surface area contributed by atoms with Crippen LogP contribution in [-0.4, -0.2) is 44.5 Å². The lowest BCUT2D eigenvalue weighted by atomic mass is 9.95. The van der Waals surface area contributed by atoms with Crippen molar-refractivity contribution in [1.29, 1.82) is 0 Å². The minimum atomic E-state index is -3.35. The summed E-state index contributed by atoms with van der Waals surface area (Å²) in [6.45, 7) is 3.59. The van der Waals surface area contributed by atoms with Gasteiger partial charge < -0.3 is 4.52 Å². The van der Waals surface area contributed by atoms with E-state index >= 15 is 0 Å². The Hall–Kier alpha value is -4.15. The number of sulfone groups is 2. The lowest BCUT2D eigenvalue weighted by Gasteiger charge is -2.17. The van der Waals surface area contributed by atoms with Gasteiger partial charge in [-0.25, -0.2) is 16.8 Å². The molecule has 210 valence electrons. The first kappa shape index (κ1) is 28.4. The molecule has 0 saturated carbocycles. The normalized spacial score (nSPS) is 13.4. The summed E-state index contributed by atoms with van der Waals surface area (Å²) in [5, 5.41) is 4.16. The molecule has 8 nitrogen and oxygen atoms in total. The van der Waals surface area contributed by atoms with Crippen molar-refractivity contribution in [3.05, 3.63) is 107 Å². The quantitative estimate of drug-likeness (QED) is 0.200. The molecular formula is C31H29N3O5S2. The maximum absolute atomic E-state index is 12.6. The molecule has 1 atom stereocenters. The van der Waals surface area contributed by atoms with Crippen molar-refractivity contribution >= 4 is 42.2 Å². The SMILES string of the molecule is CCC(c1cc(-c2cccc(C=C(c3ccc(S(C)(=O)=O)cc3)c3nc(C)no3)c2)c2ncccc2c1)S(C)(=O)=O. The van der Waals surface area contributed by atoms with E-state index < -0.39 is 24.9 Å². The van der Waals surface area contributed by atoms with Gasteiger partial charge in [-0.2, -0.15) is 4.98 Å². The van der Waals surface area contributed by atoms with E-state index in [1.807, 2.05) is 61.5 Å². The van der Waals surface area contributed by atoms with Gasteiger partial charge in [0.25, 0.3) is 5.89 Å². The van der Waals surface area contributed by atoms with E-state index in [-0.39, 0.29) is 4.90 Å². The van der Waals surface area contributed by atoms with Crippen LogP contribution < -0.4 is 0 Å². The molecule has 0 N–H and O–H groups in total. The topological polar surface area (TPSA) is 120 Å². The second kappa shape index (κ2) is 11.0. The first-order chi connectivity index (χ1) is 19.4. The lowest BCUT2D eigenvalue weighted by molar-refractivity contribution is 0.403. The molecular weight excluding hydrogens is 558 g/mol. The van der Waals surface area contributed by atoms with Gasteiger partial charge in [0, 0.05) is 35.2 Å². The van der Waals surface area contributed by atoms with Crippen molar-refractivity contribution < 1.29 is 21.4 Å². The number of pyridine rings is 1. The summed E-state index contributed by atoms with van der Waals surface area (Å²) in [4.78, 5) is 9.23. The molecule has 10 heteroatoms. The average Bonchev–Trinajstić information content (AvgIpc) is 3.36. The zero-order valence-electron chi connectivity index (χ0n) is 23.1.